The van der Waals surface area contributed by atoms with E-state index in [0.717, 1.165) is 19.0 Å². The van der Waals surface area contributed by atoms with Gasteiger partial charge in [0.25, 0.3) is 0 Å². The lowest BCUT2D eigenvalue weighted by Gasteiger charge is -2.26. The maximum Gasteiger partial charge on any atom is 0.186 e. The second kappa shape index (κ2) is 7.59. The Morgan fingerprint density at radius 1 is 1.29 bits per heavy atom. The van der Waals surface area contributed by atoms with Crippen molar-refractivity contribution in [1.29, 1.82) is 0 Å². The van der Waals surface area contributed by atoms with Gasteiger partial charge in [-0.1, -0.05) is 20.8 Å². The van der Waals surface area contributed by atoms with Crippen LogP contribution in [0.5, 0.6) is 0 Å². The summed E-state index contributed by atoms with van der Waals surface area (Å²) in [7, 11) is 0. The first-order valence-electron chi connectivity index (χ1n) is 8.49. The van der Waals surface area contributed by atoms with E-state index in [4.69, 9.17) is 4.98 Å². The average molecular weight is 310 g/mol. The second-order valence-electron chi connectivity index (χ2n) is 6.83. The molecule has 3 nitrogen and oxygen atoms in total. The number of hydrogen-bond acceptors (Lipinski definition) is 4. The van der Waals surface area contributed by atoms with Gasteiger partial charge in [0.2, 0.25) is 0 Å². The highest BCUT2D eigenvalue weighted by molar-refractivity contribution is 7.15. The van der Waals surface area contributed by atoms with E-state index in [1.54, 1.807) is 0 Å². The van der Waals surface area contributed by atoms with Gasteiger partial charge in [-0.25, -0.2) is 4.98 Å². The minimum atomic E-state index is 0.503. The molecule has 1 N–H and O–H groups in total. The Morgan fingerprint density at radius 2 is 2.00 bits per heavy atom. The van der Waals surface area contributed by atoms with E-state index < -0.39 is 0 Å². The van der Waals surface area contributed by atoms with Crippen LogP contribution in [0.15, 0.2) is 0 Å². The van der Waals surface area contributed by atoms with Gasteiger partial charge < -0.3 is 10.2 Å². The van der Waals surface area contributed by atoms with Crippen LogP contribution in [0.2, 0.25) is 0 Å². The second-order valence-corrected chi connectivity index (χ2v) is 7.89. The smallest absolute Gasteiger partial charge is 0.186 e. The molecule has 0 atom stereocenters. The normalized spacial score (nSPS) is 15.2. The topological polar surface area (TPSA) is 28.2 Å². The molecular weight excluding hydrogens is 278 g/mol. The largest absolute Gasteiger partial charge is 0.345 e. The van der Waals surface area contributed by atoms with Crippen molar-refractivity contribution in [3.05, 3.63) is 10.6 Å². The third-order valence-electron chi connectivity index (χ3n) is 4.00. The van der Waals surface area contributed by atoms with Gasteiger partial charge in [-0.2, -0.15) is 0 Å². The number of nitrogens with one attached hydrogen (secondary N) is 1. The van der Waals surface area contributed by atoms with Gasteiger partial charge in [0, 0.05) is 24.0 Å². The predicted molar refractivity (Wildman–Crippen MR) is 93.4 cm³/mol. The van der Waals surface area contributed by atoms with Gasteiger partial charge in [0.15, 0.2) is 5.13 Å². The summed E-state index contributed by atoms with van der Waals surface area (Å²) < 4.78 is 0. The van der Waals surface area contributed by atoms with E-state index in [2.05, 4.69) is 44.8 Å². The zero-order valence-electron chi connectivity index (χ0n) is 14.3. The Labute approximate surface area is 134 Å². The molecule has 1 fully saturated rings. The zero-order valence-corrected chi connectivity index (χ0v) is 15.1. The van der Waals surface area contributed by atoms with Crippen LogP contribution in [0.3, 0.4) is 0 Å². The first-order chi connectivity index (χ1) is 10.0. The molecule has 0 bridgehead atoms. The van der Waals surface area contributed by atoms with E-state index in [1.165, 1.54) is 41.5 Å². The molecule has 1 saturated carbocycles. The summed E-state index contributed by atoms with van der Waals surface area (Å²) in [6.45, 7) is 14.5. The van der Waals surface area contributed by atoms with Crippen LogP contribution in [-0.2, 0) is 6.54 Å². The first-order valence-corrected chi connectivity index (χ1v) is 9.31. The lowest BCUT2D eigenvalue weighted by atomic mass is 10.1. The third kappa shape index (κ3) is 4.68. The lowest BCUT2D eigenvalue weighted by molar-refractivity contribution is 0.639. The number of hydrogen-bond donors (Lipinski definition) is 1. The Kier molecular flexibility index (Phi) is 6.06. The van der Waals surface area contributed by atoms with Crippen LogP contribution in [0.1, 0.15) is 70.4 Å². The van der Waals surface area contributed by atoms with E-state index in [9.17, 15) is 0 Å². The van der Waals surface area contributed by atoms with Crippen LogP contribution < -0.4 is 10.2 Å². The van der Waals surface area contributed by atoms with Crippen molar-refractivity contribution < 1.29 is 0 Å². The molecule has 1 heterocycles. The fourth-order valence-electron chi connectivity index (χ4n) is 2.52. The standard InChI is InChI=1S/C17H31N3S/c1-6-9-18-10-15-16(12(2)3)19-17(21-15)20(13(4)5)11-14-7-8-14/h12-14,18H,6-11H2,1-5H3. The molecule has 21 heavy (non-hydrogen) atoms. The van der Waals surface area contributed by atoms with Crippen LogP contribution in [0, 0.1) is 5.92 Å². The minimum Gasteiger partial charge on any atom is -0.345 e. The van der Waals surface area contributed by atoms with Gasteiger partial charge in [-0.3, -0.25) is 0 Å². The molecule has 0 aliphatic heterocycles. The van der Waals surface area contributed by atoms with E-state index in [-0.39, 0.29) is 0 Å². The highest BCUT2D eigenvalue weighted by Gasteiger charge is 2.28. The molecule has 4 heteroatoms. The Balaban J connectivity index is 2.15. The van der Waals surface area contributed by atoms with Crippen molar-refractivity contribution in [2.75, 3.05) is 18.0 Å². The molecule has 120 valence electrons. The highest BCUT2D eigenvalue weighted by atomic mass is 32.1. The highest BCUT2D eigenvalue weighted by Crippen LogP contribution is 2.36. The SMILES string of the molecule is CCCNCc1sc(N(CC2CC2)C(C)C)nc1C(C)C. The molecular formula is C17H31N3S. The maximum absolute atomic E-state index is 5.00. The summed E-state index contributed by atoms with van der Waals surface area (Å²) in [5, 5.41) is 4.76. The Hall–Kier alpha value is -0.610. The van der Waals surface area contributed by atoms with Crippen molar-refractivity contribution in [2.24, 2.45) is 5.92 Å². The van der Waals surface area contributed by atoms with Crippen LogP contribution in [0.4, 0.5) is 5.13 Å². The molecule has 0 radical (unpaired) electrons. The van der Waals surface area contributed by atoms with Gasteiger partial charge >= 0.3 is 0 Å². The number of rotatable bonds is 9. The quantitative estimate of drug-likeness (QED) is 0.686. The number of thiazole rings is 1. The third-order valence-corrected chi connectivity index (χ3v) is 5.10. The summed E-state index contributed by atoms with van der Waals surface area (Å²) in [6, 6.07) is 0.535. The van der Waals surface area contributed by atoms with Gasteiger partial charge in [-0.15, -0.1) is 11.3 Å². The van der Waals surface area contributed by atoms with Gasteiger partial charge in [0.05, 0.1) is 5.69 Å². The average Bonchev–Trinajstić information content (AvgIpc) is 3.15. The molecule has 0 saturated heterocycles. The zero-order chi connectivity index (χ0) is 15.4. The summed E-state index contributed by atoms with van der Waals surface area (Å²) >= 11 is 1.90. The van der Waals surface area contributed by atoms with Gasteiger partial charge in [-0.05, 0) is 51.5 Å². The monoisotopic (exact) mass is 309 g/mol. The van der Waals surface area contributed by atoms with E-state index in [1.807, 2.05) is 11.3 Å². The minimum absolute atomic E-state index is 0.503. The molecule has 1 aliphatic carbocycles. The van der Waals surface area contributed by atoms with Crippen LogP contribution in [0.25, 0.3) is 0 Å². The lowest BCUT2D eigenvalue weighted by Crippen LogP contribution is -2.32. The summed E-state index contributed by atoms with van der Waals surface area (Å²) in [5.74, 6) is 1.41. The molecule has 1 aromatic rings. The molecule has 0 aromatic carbocycles. The molecule has 1 aliphatic rings. The fourth-order valence-corrected chi connectivity index (χ4v) is 3.85. The molecule has 0 spiro atoms. The Morgan fingerprint density at radius 3 is 2.52 bits per heavy atom. The molecule has 0 unspecified atom stereocenters. The van der Waals surface area contributed by atoms with Crippen molar-refractivity contribution in [3.63, 3.8) is 0 Å². The summed E-state index contributed by atoms with van der Waals surface area (Å²) in [6.07, 6.45) is 3.98. The number of nitrogens with zero attached hydrogens (tertiary/aromatic N) is 2. The number of anilines is 1. The number of aromatic nitrogens is 1. The Bertz CT molecular complexity index is 435. The van der Waals surface area contributed by atoms with E-state index >= 15 is 0 Å². The maximum atomic E-state index is 5.00. The van der Waals surface area contributed by atoms with Gasteiger partial charge in [0.1, 0.15) is 0 Å². The fraction of sp³-hybridized carbons (Fsp3) is 0.824. The van der Waals surface area contributed by atoms with E-state index in [0.29, 0.717) is 12.0 Å². The van der Waals surface area contributed by atoms with Crippen molar-refractivity contribution in [1.82, 2.24) is 10.3 Å². The molecule has 0 amide bonds. The summed E-state index contributed by atoms with van der Waals surface area (Å²) in [5.41, 5.74) is 1.29. The van der Waals surface area contributed by atoms with Crippen LogP contribution >= 0.6 is 11.3 Å². The first kappa shape index (κ1) is 16.8. The van der Waals surface area contributed by atoms with Crippen molar-refractivity contribution in [2.45, 2.75) is 72.4 Å². The van der Waals surface area contributed by atoms with Crippen LogP contribution in [-0.4, -0.2) is 24.1 Å². The van der Waals surface area contributed by atoms with Crippen molar-refractivity contribution >= 4 is 16.5 Å². The van der Waals surface area contributed by atoms with Crippen molar-refractivity contribution in [3.8, 4) is 0 Å². The summed E-state index contributed by atoms with van der Waals surface area (Å²) in [4.78, 5) is 8.93. The molecule has 2 rings (SSSR count). The molecule has 1 aromatic heterocycles. The predicted octanol–water partition coefficient (Wildman–Crippen LogP) is 4.39.